The molecular weight excluding hydrogens is 412 g/mol. The van der Waals surface area contributed by atoms with E-state index in [1.165, 1.54) is 7.05 Å². The van der Waals surface area contributed by atoms with Crippen LogP contribution in [0.15, 0.2) is 0 Å². The molecule has 0 bridgehead atoms. The van der Waals surface area contributed by atoms with E-state index in [-0.39, 0.29) is 26.4 Å². The van der Waals surface area contributed by atoms with Crippen molar-refractivity contribution in [2.75, 3.05) is 53.1 Å². The lowest BCUT2D eigenvalue weighted by Crippen LogP contribution is -2.46. The van der Waals surface area contributed by atoms with Crippen molar-refractivity contribution in [3.05, 3.63) is 0 Å². The Morgan fingerprint density at radius 1 is 0.581 bits per heavy atom. The molecule has 0 saturated heterocycles. The van der Waals surface area contributed by atoms with E-state index in [1.54, 1.807) is 0 Å². The van der Waals surface area contributed by atoms with Crippen molar-refractivity contribution in [2.24, 2.45) is 5.41 Å². The van der Waals surface area contributed by atoms with Crippen molar-refractivity contribution < 1.29 is 38.1 Å². The number of rotatable bonds is 14. The first-order chi connectivity index (χ1) is 14.8. The molecule has 0 fully saturated rings. The summed E-state index contributed by atoms with van der Waals surface area (Å²) >= 11 is 0. The van der Waals surface area contributed by atoms with E-state index in [0.717, 1.165) is 0 Å². The largest absolute Gasteiger partial charge is 0.449 e. The normalized spacial score (nSPS) is 10.5. The van der Waals surface area contributed by atoms with Crippen LogP contribution in [0, 0.1) is 5.41 Å². The second kappa shape index (κ2) is 16.8. The summed E-state index contributed by atoms with van der Waals surface area (Å²) in [5.41, 5.74) is -1.32. The fourth-order valence-electron chi connectivity index (χ4n) is 2.03. The molecule has 0 aliphatic carbocycles. The smallest absolute Gasteiger partial charge is 0.407 e. The van der Waals surface area contributed by atoms with Crippen LogP contribution in [0.1, 0.15) is 40.0 Å². The minimum Gasteiger partial charge on any atom is -0.449 e. The summed E-state index contributed by atoms with van der Waals surface area (Å²) in [5.74, 6) is 0. The van der Waals surface area contributed by atoms with Crippen molar-refractivity contribution in [1.82, 2.24) is 21.3 Å². The van der Waals surface area contributed by atoms with Gasteiger partial charge in [0.2, 0.25) is 0 Å². The van der Waals surface area contributed by atoms with Crippen LogP contribution in [0.3, 0.4) is 0 Å². The molecular formula is C19H36N4O8. The first kappa shape index (κ1) is 28.1. The van der Waals surface area contributed by atoms with Gasteiger partial charge in [-0.05, 0) is 19.3 Å². The molecule has 0 aliphatic rings. The Bertz CT molecular complexity index is 499. The minimum absolute atomic E-state index is 0.332. The number of alkyl carbamates (subject to hydrolysis) is 4. The van der Waals surface area contributed by atoms with E-state index in [2.05, 4.69) is 21.3 Å². The molecule has 4 amide bonds. The van der Waals surface area contributed by atoms with Gasteiger partial charge in [-0.3, -0.25) is 0 Å². The maximum atomic E-state index is 11.9. The first-order valence-corrected chi connectivity index (χ1v) is 10.4. The van der Waals surface area contributed by atoms with Crippen LogP contribution in [0.25, 0.3) is 0 Å². The lowest BCUT2D eigenvalue weighted by atomic mass is 9.92. The number of amides is 4. The number of carbonyl (C=O) groups excluding carboxylic acids is 4. The van der Waals surface area contributed by atoms with Gasteiger partial charge in [-0.25, -0.2) is 19.2 Å². The lowest BCUT2D eigenvalue weighted by Gasteiger charge is -2.31. The molecule has 31 heavy (non-hydrogen) atoms. The fraction of sp³-hybridized carbons (Fsp3) is 0.789. The maximum Gasteiger partial charge on any atom is 0.407 e. The van der Waals surface area contributed by atoms with Crippen molar-refractivity contribution in [3.63, 3.8) is 0 Å². The van der Waals surface area contributed by atoms with Gasteiger partial charge in [-0.2, -0.15) is 0 Å². The quantitative estimate of drug-likeness (QED) is 0.293. The molecule has 0 spiro atoms. The number of hydrogen-bond acceptors (Lipinski definition) is 8. The summed E-state index contributed by atoms with van der Waals surface area (Å²) in [6, 6.07) is 0. The van der Waals surface area contributed by atoms with Crippen LogP contribution in [0.4, 0.5) is 19.2 Å². The molecule has 12 nitrogen and oxygen atoms in total. The zero-order valence-corrected chi connectivity index (χ0v) is 18.8. The van der Waals surface area contributed by atoms with Gasteiger partial charge in [0.05, 0.1) is 0 Å². The Balaban J connectivity index is 5.34. The Labute approximate surface area is 183 Å². The third kappa shape index (κ3) is 13.8. The second-order valence-electron chi connectivity index (χ2n) is 6.83. The highest BCUT2D eigenvalue weighted by molar-refractivity contribution is 5.68. The average Bonchev–Trinajstić information content (AvgIpc) is 2.78. The van der Waals surface area contributed by atoms with E-state index >= 15 is 0 Å². The summed E-state index contributed by atoms with van der Waals surface area (Å²) in [6.07, 6.45) is -0.707. The topological polar surface area (TPSA) is 153 Å². The summed E-state index contributed by atoms with van der Waals surface area (Å²) in [7, 11) is 1.38. The zero-order chi connectivity index (χ0) is 23.5. The highest BCUT2D eigenvalue weighted by Crippen LogP contribution is 2.21. The van der Waals surface area contributed by atoms with Crippen LogP contribution in [0.2, 0.25) is 0 Å². The Kier molecular flexibility index (Phi) is 15.2. The summed E-state index contributed by atoms with van der Waals surface area (Å²) in [5, 5.41) is 9.93. The van der Waals surface area contributed by atoms with E-state index in [9.17, 15) is 19.2 Å². The highest BCUT2D eigenvalue weighted by Gasteiger charge is 2.38. The van der Waals surface area contributed by atoms with E-state index in [0.29, 0.717) is 38.9 Å². The predicted octanol–water partition coefficient (Wildman–Crippen LogP) is 1.74. The van der Waals surface area contributed by atoms with Gasteiger partial charge >= 0.3 is 24.4 Å². The highest BCUT2D eigenvalue weighted by atomic mass is 16.6. The molecule has 0 aromatic rings. The van der Waals surface area contributed by atoms with Crippen molar-refractivity contribution >= 4 is 24.4 Å². The fourth-order valence-corrected chi connectivity index (χ4v) is 2.03. The Morgan fingerprint density at radius 3 is 1.13 bits per heavy atom. The molecule has 0 heterocycles. The average molecular weight is 449 g/mol. The van der Waals surface area contributed by atoms with Crippen molar-refractivity contribution in [2.45, 2.75) is 40.0 Å². The van der Waals surface area contributed by atoms with Crippen molar-refractivity contribution in [1.29, 1.82) is 0 Å². The lowest BCUT2D eigenvalue weighted by molar-refractivity contribution is -0.0484. The molecule has 0 saturated carbocycles. The SMILES string of the molecule is CCCNC(=O)OCC(COC(=O)NC)(COC(=O)NCCC)COC(=O)NCCC. The molecule has 0 aromatic carbocycles. The maximum absolute atomic E-state index is 11.9. The number of carbonyl (C=O) groups is 4. The van der Waals surface area contributed by atoms with Gasteiger partial charge in [0.25, 0.3) is 0 Å². The van der Waals surface area contributed by atoms with Crippen LogP contribution in [-0.4, -0.2) is 77.5 Å². The minimum atomic E-state index is -1.32. The Hall–Kier alpha value is -2.92. The third-order valence-corrected chi connectivity index (χ3v) is 3.80. The molecule has 0 aliphatic heterocycles. The molecule has 0 atom stereocenters. The van der Waals surface area contributed by atoms with E-state index in [4.69, 9.17) is 18.9 Å². The Morgan fingerprint density at radius 2 is 0.871 bits per heavy atom. The van der Waals surface area contributed by atoms with E-state index < -0.39 is 29.8 Å². The molecule has 0 rings (SSSR count). The van der Waals surface area contributed by atoms with Crippen molar-refractivity contribution in [3.8, 4) is 0 Å². The molecule has 0 radical (unpaired) electrons. The summed E-state index contributed by atoms with van der Waals surface area (Å²) < 4.78 is 20.8. The van der Waals surface area contributed by atoms with Gasteiger partial charge in [0.1, 0.15) is 31.8 Å². The van der Waals surface area contributed by atoms with Crippen LogP contribution in [-0.2, 0) is 18.9 Å². The molecule has 4 N–H and O–H groups in total. The standard InChI is InChI=1S/C19H36N4O8/c1-5-8-21-16(25)29-12-19(11-28-15(24)20-4,13-30-17(26)22-9-6-2)14-31-18(27)23-10-7-3/h5-14H2,1-4H3,(H,20,24)(H,21,25)(H,22,26)(H,23,27). The number of nitrogens with one attached hydrogen (secondary N) is 4. The van der Waals surface area contributed by atoms with Gasteiger partial charge in [0, 0.05) is 26.7 Å². The van der Waals surface area contributed by atoms with Gasteiger partial charge in [-0.1, -0.05) is 20.8 Å². The van der Waals surface area contributed by atoms with E-state index in [1.807, 2.05) is 20.8 Å². The van der Waals surface area contributed by atoms with Gasteiger partial charge in [0.15, 0.2) is 0 Å². The van der Waals surface area contributed by atoms with Crippen LogP contribution < -0.4 is 21.3 Å². The van der Waals surface area contributed by atoms with Gasteiger partial charge in [-0.15, -0.1) is 0 Å². The number of ether oxygens (including phenoxy) is 4. The molecule has 0 aromatic heterocycles. The van der Waals surface area contributed by atoms with Crippen LogP contribution >= 0.6 is 0 Å². The number of hydrogen-bond donors (Lipinski definition) is 4. The first-order valence-electron chi connectivity index (χ1n) is 10.4. The van der Waals surface area contributed by atoms with Crippen LogP contribution in [0.5, 0.6) is 0 Å². The summed E-state index contributed by atoms with van der Waals surface area (Å²) in [4.78, 5) is 47.3. The van der Waals surface area contributed by atoms with Gasteiger partial charge < -0.3 is 40.2 Å². The molecule has 180 valence electrons. The molecule has 0 unspecified atom stereocenters. The zero-order valence-electron chi connectivity index (χ0n) is 18.8. The predicted molar refractivity (Wildman–Crippen MR) is 112 cm³/mol. The monoisotopic (exact) mass is 448 g/mol. The summed E-state index contributed by atoms with van der Waals surface area (Å²) in [6.45, 7) is 5.54. The third-order valence-electron chi connectivity index (χ3n) is 3.80. The second-order valence-corrected chi connectivity index (χ2v) is 6.83. The molecule has 12 heteroatoms.